The van der Waals surface area contributed by atoms with Gasteiger partial charge in [0.1, 0.15) is 5.75 Å². The van der Waals surface area contributed by atoms with E-state index in [1.807, 2.05) is 0 Å². The number of aryl methyl sites for hydroxylation is 1. The molecule has 0 saturated carbocycles. The van der Waals surface area contributed by atoms with E-state index in [0.717, 1.165) is 5.69 Å². The number of benzene rings is 1. The van der Waals surface area contributed by atoms with Crippen LogP contribution in [-0.4, -0.2) is 28.0 Å². The number of carbonyl (C=O) groups excluding carboxylic acids is 1. The largest absolute Gasteiger partial charge is 0.495 e. The average molecular weight is 261 g/mol. The van der Waals surface area contributed by atoms with Crippen LogP contribution in [0.2, 0.25) is 0 Å². The Hall–Kier alpha value is -2.57. The minimum atomic E-state index is -0.479. The van der Waals surface area contributed by atoms with Gasteiger partial charge >= 0.3 is 0 Å². The van der Waals surface area contributed by atoms with Gasteiger partial charge in [-0.25, -0.2) is 0 Å². The first-order valence-electron chi connectivity index (χ1n) is 5.67. The number of ether oxygens (including phenoxy) is 1. The van der Waals surface area contributed by atoms with Crippen molar-refractivity contribution in [1.29, 1.82) is 0 Å². The minimum Gasteiger partial charge on any atom is -0.495 e. The van der Waals surface area contributed by atoms with Crippen LogP contribution in [0.4, 0.5) is 5.69 Å². The number of amides is 1. The number of nitrogens with zero attached hydrogens (tertiary/aromatic N) is 3. The first-order valence-corrected chi connectivity index (χ1v) is 5.67. The number of rotatable bonds is 5. The topological polar surface area (TPSA) is 95.1 Å². The molecule has 7 heteroatoms. The van der Waals surface area contributed by atoms with Crippen LogP contribution in [0, 0.1) is 0 Å². The molecule has 1 aromatic heterocycles. The highest BCUT2D eigenvalue weighted by molar-refractivity contribution is 5.94. The number of primary amides is 1. The summed E-state index contributed by atoms with van der Waals surface area (Å²) >= 11 is 0. The van der Waals surface area contributed by atoms with E-state index in [1.165, 1.54) is 0 Å². The van der Waals surface area contributed by atoms with E-state index in [0.29, 0.717) is 23.5 Å². The van der Waals surface area contributed by atoms with Gasteiger partial charge in [0.25, 0.3) is 0 Å². The van der Waals surface area contributed by atoms with E-state index in [1.54, 1.807) is 43.2 Å². The van der Waals surface area contributed by atoms with Crippen LogP contribution < -0.4 is 15.8 Å². The van der Waals surface area contributed by atoms with Crippen LogP contribution in [0.15, 0.2) is 24.4 Å². The second-order valence-electron chi connectivity index (χ2n) is 3.98. The molecule has 1 amide bonds. The average Bonchev–Trinajstić information content (AvgIpc) is 2.81. The zero-order chi connectivity index (χ0) is 13.8. The molecule has 100 valence electrons. The minimum absolute atomic E-state index is 0.423. The lowest BCUT2D eigenvalue weighted by Gasteiger charge is -2.12. The maximum absolute atomic E-state index is 11.2. The first-order chi connectivity index (χ1) is 9.11. The highest BCUT2D eigenvalue weighted by atomic mass is 16.5. The van der Waals surface area contributed by atoms with Gasteiger partial charge in [0.2, 0.25) is 5.91 Å². The Bertz CT molecular complexity index is 594. The number of anilines is 1. The monoisotopic (exact) mass is 261 g/mol. The Kier molecular flexibility index (Phi) is 3.65. The fourth-order valence-corrected chi connectivity index (χ4v) is 1.66. The fourth-order valence-electron chi connectivity index (χ4n) is 1.66. The standard InChI is InChI=1S/C12H15N5O2/c1-17-9(7-15-16-17)6-14-10-5-8(12(13)18)3-4-11(10)19-2/h3-5,7,14H,6H2,1-2H3,(H2,13,18). The fraction of sp³-hybridized carbons (Fsp3) is 0.250. The van der Waals surface area contributed by atoms with Crippen molar-refractivity contribution in [2.75, 3.05) is 12.4 Å². The number of aromatic nitrogens is 3. The summed E-state index contributed by atoms with van der Waals surface area (Å²) in [6.45, 7) is 0.516. The van der Waals surface area contributed by atoms with Crippen LogP contribution >= 0.6 is 0 Å². The molecule has 2 aromatic rings. The second kappa shape index (κ2) is 5.38. The summed E-state index contributed by atoms with van der Waals surface area (Å²) in [5.41, 5.74) is 7.28. The molecule has 19 heavy (non-hydrogen) atoms. The van der Waals surface area contributed by atoms with Gasteiger partial charge in [0.15, 0.2) is 0 Å². The molecule has 0 unspecified atom stereocenters. The first kappa shape index (κ1) is 12.9. The zero-order valence-electron chi connectivity index (χ0n) is 10.8. The molecule has 0 bridgehead atoms. The molecular weight excluding hydrogens is 246 g/mol. The van der Waals surface area contributed by atoms with Gasteiger partial charge in [-0.15, -0.1) is 5.10 Å². The van der Waals surface area contributed by atoms with Gasteiger partial charge in [0.05, 0.1) is 31.2 Å². The molecule has 1 heterocycles. The van der Waals surface area contributed by atoms with Gasteiger partial charge in [0, 0.05) is 12.6 Å². The molecule has 0 saturated heterocycles. The molecule has 3 N–H and O–H groups in total. The lowest BCUT2D eigenvalue weighted by molar-refractivity contribution is 0.100. The van der Waals surface area contributed by atoms with Gasteiger partial charge in [-0.05, 0) is 18.2 Å². The van der Waals surface area contributed by atoms with Crippen molar-refractivity contribution in [3.63, 3.8) is 0 Å². The van der Waals surface area contributed by atoms with Crippen molar-refractivity contribution in [1.82, 2.24) is 15.0 Å². The van der Waals surface area contributed by atoms with Crippen molar-refractivity contribution < 1.29 is 9.53 Å². The van der Waals surface area contributed by atoms with Gasteiger partial charge in [-0.3, -0.25) is 9.48 Å². The Morgan fingerprint density at radius 2 is 2.32 bits per heavy atom. The molecule has 0 aliphatic rings. The molecule has 0 spiro atoms. The molecule has 0 atom stereocenters. The summed E-state index contributed by atoms with van der Waals surface area (Å²) in [7, 11) is 3.37. The SMILES string of the molecule is COc1ccc(C(N)=O)cc1NCc1cnnn1C. The summed E-state index contributed by atoms with van der Waals surface area (Å²) in [6, 6.07) is 4.98. The third kappa shape index (κ3) is 2.82. The van der Waals surface area contributed by atoms with E-state index < -0.39 is 5.91 Å². The van der Waals surface area contributed by atoms with Crippen molar-refractivity contribution in [2.45, 2.75) is 6.54 Å². The number of nitrogens with one attached hydrogen (secondary N) is 1. The van der Waals surface area contributed by atoms with E-state index in [9.17, 15) is 4.79 Å². The molecule has 0 aliphatic carbocycles. The molecule has 7 nitrogen and oxygen atoms in total. The summed E-state index contributed by atoms with van der Waals surface area (Å²) in [5, 5.41) is 10.8. The number of carbonyl (C=O) groups is 1. The van der Waals surface area contributed by atoms with Crippen LogP contribution in [0.5, 0.6) is 5.75 Å². The second-order valence-corrected chi connectivity index (χ2v) is 3.98. The quantitative estimate of drug-likeness (QED) is 0.818. The Morgan fingerprint density at radius 1 is 1.53 bits per heavy atom. The van der Waals surface area contributed by atoms with E-state index in [2.05, 4.69) is 15.6 Å². The molecular formula is C12H15N5O2. The van der Waals surface area contributed by atoms with Crippen molar-refractivity contribution in [2.24, 2.45) is 12.8 Å². The van der Waals surface area contributed by atoms with Crippen molar-refractivity contribution in [3.8, 4) is 5.75 Å². The Labute approximate surface area is 110 Å². The smallest absolute Gasteiger partial charge is 0.248 e. The van der Waals surface area contributed by atoms with Gasteiger partial charge in [-0.1, -0.05) is 5.21 Å². The molecule has 0 aliphatic heterocycles. The number of nitrogens with two attached hydrogens (primary N) is 1. The maximum Gasteiger partial charge on any atom is 0.248 e. The molecule has 0 fully saturated rings. The van der Waals surface area contributed by atoms with Crippen LogP contribution in [0.3, 0.4) is 0 Å². The summed E-state index contributed by atoms with van der Waals surface area (Å²) in [4.78, 5) is 11.2. The van der Waals surface area contributed by atoms with Crippen LogP contribution in [0.25, 0.3) is 0 Å². The third-order valence-corrected chi connectivity index (χ3v) is 2.75. The lowest BCUT2D eigenvalue weighted by Crippen LogP contribution is -2.12. The van der Waals surface area contributed by atoms with Crippen LogP contribution in [0.1, 0.15) is 16.1 Å². The highest BCUT2D eigenvalue weighted by Crippen LogP contribution is 2.25. The molecule has 1 aromatic carbocycles. The van der Waals surface area contributed by atoms with Gasteiger partial charge < -0.3 is 15.8 Å². The van der Waals surface area contributed by atoms with Crippen molar-refractivity contribution >= 4 is 11.6 Å². The van der Waals surface area contributed by atoms with Crippen LogP contribution in [-0.2, 0) is 13.6 Å². The number of methoxy groups -OCH3 is 1. The third-order valence-electron chi connectivity index (χ3n) is 2.75. The lowest BCUT2D eigenvalue weighted by atomic mass is 10.1. The maximum atomic E-state index is 11.2. The van der Waals surface area contributed by atoms with E-state index >= 15 is 0 Å². The predicted molar refractivity (Wildman–Crippen MR) is 69.8 cm³/mol. The summed E-state index contributed by atoms with van der Waals surface area (Å²) in [6.07, 6.45) is 1.66. The summed E-state index contributed by atoms with van der Waals surface area (Å²) < 4.78 is 6.89. The summed E-state index contributed by atoms with van der Waals surface area (Å²) in [5.74, 6) is 0.160. The predicted octanol–water partition coefficient (Wildman–Crippen LogP) is 0.535. The Balaban J connectivity index is 2.20. The van der Waals surface area contributed by atoms with E-state index in [-0.39, 0.29) is 0 Å². The number of hydrogen-bond acceptors (Lipinski definition) is 5. The number of hydrogen-bond donors (Lipinski definition) is 2. The normalized spacial score (nSPS) is 10.2. The molecule has 0 radical (unpaired) electrons. The molecule has 2 rings (SSSR count). The Morgan fingerprint density at radius 3 is 2.89 bits per heavy atom. The highest BCUT2D eigenvalue weighted by Gasteiger charge is 2.08. The zero-order valence-corrected chi connectivity index (χ0v) is 10.8. The van der Waals surface area contributed by atoms with Gasteiger partial charge in [-0.2, -0.15) is 0 Å². The van der Waals surface area contributed by atoms with Crippen molar-refractivity contribution in [3.05, 3.63) is 35.7 Å². The van der Waals surface area contributed by atoms with E-state index in [4.69, 9.17) is 10.5 Å².